The number of hydrogen-bond donors (Lipinski definition) is 0. The van der Waals surface area contributed by atoms with E-state index in [-0.39, 0.29) is 11.7 Å². The summed E-state index contributed by atoms with van der Waals surface area (Å²) in [4.78, 5) is 26.2. The molecule has 156 valence electrons. The molecule has 0 saturated carbocycles. The number of Topliss-reactive ketones (excluding diaryl/α,β-unsaturated/α-hetero) is 1. The van der Waals surface area contributed by atoms with E-state index in [4.69, 9.17) is 9.47 Å². The van der Waals surface area contributed by atoms with Crippen LogP contribution in [0.15, 0.2) is 78.9 Å². The minimum Gasteiger partial charge on any atom is -0.490 e. The zero-order valence-corrected chi connectivity index (χ0v) is 17.3. The summed E-state index contributed by atoms with van der Waals surface area (Å²) in [5.41, 5.74) is 3.18. The van der Waals surface area contributed by atoms with Crippen LogP contribution in [0, 0.1) is 0 Å². The van der Waals surface area contributed by atoms with Gasteiger partial charge >= 0.3 is 0 Å². The lowest BCUT2D eigenvalue weighted by Crippen LogP contribution is -2.37. The van der Waals surface area contributed by atoms with E-state index in [9.17, 15) is 9.59 Å². The highest BCUT2D eigenvalue weighted by molar-refractivity contribution is 6.06. The zero-order chi connectivity index (χ0) is 21.6. The van der Waals surface area contributed by atoms with Crippen molar-refractivity contribution in [1.29, 1.82) is 0 Å². The summed E-state index contributed by atoms with van der Waals surface area (Å²) in [6, 6.07) is 22.7. The predicted molar refractivity (Wildman–Crippen MR) is 121 cm³/mol. The molecule has 0 radical (unpaired) electrons. The third-order valence-corrected chi connectivity index (χ3v) is 5.04. The molecule has 0 spiro atoms. The molecule has 0 aromatic heterocycles. The molecule has 1 aliphatic rings. The third kappa shape index (κ3) is 5.01. The molecule has 5 heteroatoms. The average molecular weight is 413 g/mol. The first-order valence-corrected chi connectivity index (χ1v) is 10.1. The number of amides is 1. The lowest BCUT2D eigenvalue weighted by atomic mass is 10.1. The Labute approximate surface area is 181 Å². The number of carbonyl (C=O) groups excluding carboxylic acids is 2. The summed E-state index contributed by atoms with van der Waals surface area (Å²) >= 11 is 0. The highest BCUT2D eigenvalue weighted by Crippen LogP contribution is 2.33. The number of fused-ring (bicyclic) bond motifs is 1. The number of anilines is 1. The lowest BCUT2D eigenvalue weighted by molar-refractivity contribution is -0.114. The molecule has 0 aliphatic carbocycles. The molecule has 1 aliphatic heterocycles. The largest absolute Gasteiger partial charge is 0.490 e. The molecule has 4 rings (SSSR count). The van der Waals surface area contributed by atoms with Gasteiger partial charge < -0.3 is 14.4 Å². The van der Waals surface area contributed by atoms with Crippen LogP contribution in [0.25, 0.3) is 6.08 Å². The van der Waals surface area contributed by atoms with E-state index >= 15 is 0 Å². The Hall–Kier alpha value is -3.86. The quantitative estimate of drug-likeness (QED) is 0.426. The Balaban J connectivity index is 1.42. The second-order valence-electron chi connectivity index (χ2n) is 7.25. The second kappa shape index (κ2) is 9.30. The van der Waals surface area contributed by atoms with E-state index < -0.39 is 0 Å². The van der Waals surface area contributed by atoms with E-state index in [0.29, 0.717) is 36.8 Å². The maximum Gasteiger partial charge on any atom is 0.251 e. The molecule has 0 bridgehead atoms. The topological polar surface area (TPSA) is 55.8 Å². The lowest BCUT2D eigenvalue weighted by Gasteiger charge is -2.29. The van der Waals surface area contributed by atoms with Crippen LogP contribution in [0.1, 0.15) is 28.4 Å². The van der Waals surface area contributed by atoms with Crippen LogP contribution in [0.5, 0.6) is 11.5 Å². The van der Waals surface area contributed by atoms with E-state index in [1.54, 1.807) is 29.2 Å². The van der Waals surface area contributed by atoms with E-state index in [2.05, 4.69) is 0 Å². The van der Waals surface area contributed by atoms with Crippen molar-refractivity contribution >= 4 is 23.5 Å². The summed E-state index contributed by atoms with van der Waals surface area (Å²) in [5, 5.41) is 0. The van der Waals surface area contributed by atoms with Gasteiger partial charge in [0, 0.05) is 11.6 Å². The van der Waals surface area contributed by atoms with Gasteiger partial charge in [0.1, 0.15) is 24.7 Å². The molecule has 0 fully saturated rings. The summed E-state index contributed by atoms with van der Waals surface area (Å²) in [6.07, 6.45) is 3.31. The van der Waals surface area contributed by atoms with Gasteiger partial charge in [0.2, 0.25) is 0 Å². The number of carbonyl (C=O) groups is 2. The first-order valence-electron chi connectivity index (χ1n) is 10.1. The maximum absolute atomic E-state index is 12.8. The first-order chi connectivity index (χ1) is 15.1. The third-order valence-electron chi connectivity index (χ3n) is 5.04. The molecule has 0 N–H and O–H groups in total. The summed E-state index contributed by atoms with van der Waals surface area (Å²) < 4.78 is 11.4. The molecule has 1 heterocycles. The summed E-state index contributed by atoms with van der Waals surface area (Å²) in [5.74, 6) is 1.17. The number of ether oxygens (including phenoxy) is 2. The van der Waals surface area contributed by atoms with Gasteiger partial charge in [-0.15, -0.1) is 0 Å². The fourth-order valence-corrected chi connectivity index (χ4v) is 3.34. The molecule has 31 heavy (non-hydrogen) atoms. The van der Waals surface area contributed by atoms with Crippen LogP contribution in [-0.4, -0.2) is 24.8 Å². The summed E-state index contributed by atoms with van der Waals surface area (Å²) in [7, 11) is 0. The molecule has 3 aromatic carbocycles. The number of rotatable bonds is 6. The molecular weight excluding hydrogens is 390 g/mol. The molecule has 5 nitrogen and oxygen atoms in total. The number of nitrogens with zero attached hydrogens (tertiary/aromatic N) is 1. The minimum absolute atomic E-state index is 0.0501. The molecule has 3 aromatic rings. The number of benzene rings is 3. The minimum atomic E-state index is -0.158. The monoisotopic (exact) mass is 413 g/mol. The van der Waals surface area contributed by atoms with Gasteiger partial charge in [0.05, 0.1) is 12.2 Å². The van der Waals surface area contributed by atoms with Gasteiger partial charge in [-0.25, -0.2) is 0 Å². The normalized spacial score (nSPS) is 12.9. The second-order valence-corrected chi connectivity index (χ2v) is 7.25. The highest BCUT2D eigenvalue weighted by atomic mass is 16.5. The van der Waals surface area contributed by atoms with Crippen molar-refractivity contribution in [3.8, 4) is 11.5 Å². The van der Waals surface area contributed by atoms with Crippen LogP contribution in [0.4, 0.5) is 5.69 Å². The van der Waals surface area contributed by atoms with Crippen LogP contribution in [0.3, 0.4) is 0 Å². The highest BCUT2D eigenvalue weighted by Gasteiger charge is 2.23. The van der Waals surface area contributed by atoms with Crippen molar-refractivity contribution in [2.24, 2.45) is 0 Å². The SMILES string of the molecule is CC(=O)c1ccc2c(c1)N(C(=O)/C=C/c1ccc(OCc3ccccc3)cc1)CCO2. The number of hydrogen-bond acceptors (Lipinski definition) is 4. The predicted octanol–water partition coefficient (Wildman–Crippen LogP) is 4.91. The fraction of sp³-hybridized carbons (Fsp3) is 0.154. The molecular formula is C26H23NO4. The zero-order valence-electron chi connectivity index (χ0n) is 17.3. The van der Waals surface area contributed by atoms with Crippen LogP contribution < -0.4 is 14.4 Å². The maximum atomic E-state index is 12.8. The van der Waals surface area contributed by atoms with Crippen molar-refractivity contribution in [1.82, 2.24) is 0 Å². The average Bonchev–Trinajstić information content (AvgIpc) is 2.81. The molecule has 0 saturated heterocycles. The Morgan fingerprint density at radius 1 is 1.03 bits per heavy atom. The molecule has 0 unspecified atom stereocenters. The van der Waals surface area contributed by atoms with Crippen LogP contribution in [0.2, 0.25) is 0 Å². The first kappa shape index (κ1) is 20.4. The molecule has 1 amide bonds. The van der Waals surface area contributed by atoms with Crippen molar-refractivity contribution < 1.29 is 19.1 Å². The smallest absolute Gasteiger partial charge is 0.251 e. The molecule has 0 atom stereocenters. The van der Waals surface area contributed by atoms with E-state index in [1.165, 1.54) is 13.0 Å². The van der Waals surface area contributed by atoms with E-state index in [1.807, 2.05) is 54.6 Å². The Morgan fingerprint density at radius 2 is 1.81 bits per heavy atom. The van der Waals surface area contributed by atoms with E-state index in [0.717, 1.165) is 16.9 Å². The number of ketones is 1. The van der Waals surface area contributed by atoms with Crippen molar-refractivity contribution in [2.75, 3.05) is 18.1 Å². The van der Waals surface area contributed by atoms with Gasteiger partial charge in [-0.05, 0) is 54.5 Å². The standard InChI is InChI=1S/C26H23NO4/c1-19(28)22-10-13-25-24(17-22)27(15-16-30-25)26(29)14-9-20-7-11-23(12-8-20)31-18-21-5-3-2-4-6-21/h2-14,17H,15-16,18H2,1H3/b14-9+. The summed E-state index contributed by atoms with van der Waals surface area (Å²) in [6.45, 7) is 2.86. The van der Waals surface area contributed by atoms with Gasteiger partial charge in [0.15, 0.2) is 5.78 Å². The Bertz CT molecular complexity index is 1100. The van der Waals surface area contributed by atoms with Gasteiger partial charge in [-0.3, -0.25) is 9.59 Å². The fourth-order valence-electron chi connectivity index (χ4n) is 3.34. The van der Waals surface area contributed by atoms with Crippen molar-refractivity contribution in [3.05, 3.63) is 95.6 Å². The van der Waals surface area contributed by atoms with Crippen LogP contribution >= 0.6 is 0 Å². The van der Waals surface area contributed by atoms with Crippen molar-refractivity contribution in [3.63, 3.8) is 0 Å². The Morgan fingerprint density at radius 3 is 2.55 bits per heavy atom. The van der Waals surface area contributed by atoms with Gasteiger partial charge in [-0.1, -0.05) is 42.5 Å². The van der Waals surface area contributed by atoms with Gasteiger partial charge in [0.25, 0.3) is 5.91 Å². The van der Waals surface area contributed by atoms with Gasteiger partial charge in [-0.2, -0.15) is 0 Å². The van der Waals surface area contributed by atoms with Crippen LogP contribution in [-0.2, 0) is 11.4 Å². The Kier molecular flexibility index (Phi) is 6.13. The van der Waals surface area contributed by atoms with Crippen molar-refractivity contribution in [2.45, 2.75) is 13.5 Å².